The maximum atomic E-state index is 11.1. The quantitative estimate of drug-likeness (QED) is 0.538. The van der Waals surface area contributed by atoms with Crippen LogP contribution in [0.4, 0.5) is 5.69 Å². The molecule has 0 N–H and O–H groups in total. The first-order chi connectivity index (χ1) is 6.15. The smallest absolute Gasteiger partial charge is 0.270 e. The van der Waals surface area contributed by atoms with Crippen molar-refractivity contribution < 1.29 is 9.72 Å². The van der Waals surface area contributed by atoms with Crippen molar-refractivity contribution in [3.05, 3.63) is 39.9 Å². The number of rotatable bonds is 2. The highest BCUT2D eigenvalue weighted by Crippen LogP contribution is 2.16. The van der Waals surface area contributed by atoms with Gasteiger partial charge >= 0.3 is 0 Å². The SMILES string of the molecule is CSC(=O)c1cccc([N+](=O)[O-])c1. The van der Waals surface area contributed by atoms with Crippen LogP contribution in [-0.2, 0) is 0 Å². The maximum Gasteiger partial charge on any atom is 0.270 e. The molecule has 1 aromatic carbocycles. The first kappa shape index (κ1) is 9.73. The molecule has 0 unspecified atom stereocenters. The van der Waals surface area contributed by atoms with E-state index >= 15 is 0 Å². The van der Waals surface area contributed by atoms with Gasteiger partial charge in [-0.2, -0.15) is 0 Å². The molecule has 13 heavy (non-hydrogen) atoms. The Labute approximate surface area is 79.1 Å². The van der Waals surface area contributed by atoms with Gasteiger partial charge in [-0.25, -0.2) is 0 Å². The van der Waals surface area contributed by atoms with Crippen LogP contribution in [0.15, 0.2) is 24.3 Å². The molecule has 0 atom stereocenters. The van der Waals surface area contributed by atoms with Crippen molar-refractivity contribution in [2.75, 3.05) is 6.26 Å². The van der Waals surface area contributed by atoms with E-state index in [9.17, 15) is 14.9 Å². The summed E-state index contributed by atoms with van der Waals surface area (Å²) in [4.78, 5) is 21.0. The van der Waals surface area contributed by atoms with Gasteiger partial charge in [0.2, 0.25) is 5.12 Å². The number of thioether (sulfide) groups is 1. The molecule has 1 aromatic rings. The van der Waals surface area contributed by atoms with Crippen molar-refractivity contribution in [2.24, 2.45) is 0 Å². The summed E-state index contributed by atoms with van der Waals surface area (Å²) in [7, 11) is 0. The van der Waals surface area contributed by atoms with Crippen molar-refractivity contribution in [3.8, 4) is 0 Å². The summed E-state index contributed by atoms with van der Waals surface area (Å²) in [5.41, 5.74) is 0.307. The van der Waals surface area contributed by atoms with Gasteiger partial charge in [0, 0.05) is 17.7 Å². The number of carbonyl (C=O) groups is 1. The fraction of sp³-hybridized carbons (Fsp3) is 0.125. The predicted molar refractivity (Wildman–Crippen MR) is 50.9 cm³/mol. The standard InChI is InChI=1S/C8H7NO3S/c1-13-8(10)6-3-2-4-7(5-6)9(11)12/h2-5H,1H3. The van der Waals surface area contributed by atoms with Crippen molar-refractivity contribution in [3.63, 3.8) is 0 Å². The predicted octanol–water partition coefficient (Wildman–Crippen LogP) is 2.10. The van der Waals surface area contributed by atoms with Crippen LogP contribution in [0.25, 0.3) is 0 Å². The zero-order valence-corrected chi connectivity index (χ0v) is 7.71. The maximum absolute atomic E-state index is 11.1. The number of nitro groups is 1. The van der Waals surface area contributed by atoms with E-state index in [0.29, 0.717) is 5.56 Å². The van der Waals surface area contributed by atoms with E-state index in [1.54, 1.807) is 12.3 Å². The Morgan fingerprint density at radius 2 is 2.23 bits per heavy atom. The first-order valence-electron chi connectivity index (χ1n) is 3.48. The molecule has 5 heteroatoms. The van der Waals surface area contributed by atoms with Crippen LogP contribution in [0.2, 0.25) is 0 Å². The summed E-state index contributed by atoms with van der Waals surface area (Å²) in [5, 5.41) is 10.2. The molecule has 0 saturated heterocycles. The van der Waals surface area contributed by atoms with E-state index in [2.05, 4.69) is 0 Å². The molecule has 1 rings (SSSR count). The van der Waals surface area contributed by atoms with Gasteiger partial charge in [-0.3, -0.25) is 14.9 Å². The summed E-state index contributed by atoms with van der Waals surface area (Å²) in [6.07, 6.45) is 1.64. The summed E-state index contributed by atoms with van der Waals surface area (Å²) in [6.45, 7) is 0. The van der Waals surface area contributed by atoms with Crippen molar-refractivity contribution in [1.29, 1.82) is 0 Å². The molecule has 68 valence electrons. The fourth-order valence-electron chi connectivity index (χ4n) is 0.864. The molecule has 0 heterocycles. The highest BCUT2D eigenvalue weighted by Gasteiger charge is 2.09. The van der Waals surface area contributed by atoms with Gasteiger partial charge in [-0.05, 0) is 12.3 Å². The van der Waals surface area contributed by atoms with E-state index in [1.807, 2.05) is 0 Å². The molecule has 0 aliphatic carbocycles. The van der Waals surface area contributed by atoms with Gasteiger partial charge < -0.3 is 0 Å². The van der Waals surface area contributed by atoms with E-state index in [1.165, 1.54) is 18.2 Å². The molecule has 0 aliphatic rings. The highest BCUT2D eigenvalue weighted by molar-refractivity contribution is 8.13. The van der Waals surface area contributed by atoms with Crippen LogP contribution in [0.1, 0.15) is 10.4 Å². The summed E-state index contributed by atoms with van der Waals surface area (Å²) >= 11 is 1.04. The average molecular weight is 197 g/mol. The molecule has 0 aliphatic heterocycles. The summed E-state index contributed by atoms with van der Waals surface area (Å²) < 4.78 is 0. The minimum Gasteiger partial charge on any atom is -0.282 e. The normalized spacial score (nSPS) is 9.62. The van der Waals surface area contributed by atoms with Gasteiger partial charge in [0.15, 0.2) is 0 Å². The minimum atomic E-state index is -0.517. The molecule has 0 amide bonds. The number of non-ortho nitro benzene ring substituents is 1. The lowest BCUT2D eigenvalue weighted by atomic mass is 10.2. The Kier molecular flexibility index (Phi) is 3.02. The lowest BCUT2D eigenvalue weighted by Crippen LogP contribution is -1.94. The lowest BCUT2D eigenvalue weighted by Gasteiger charge is -1.95. The zero-order chi connectivity index (χ0) is 9.84. The number of hydrogen-bond acceptors (Lipinski definition) is 4. The third-order valence-corrected chi connectivity index (χ3v) is 2.08. The largest absolute Gasteiger partial charge is 0.282 e. The van der Waals surface area contributed by atoms with Crippen molar-refractivity contribution in [2.45, 2.75) is 0 Å². The molecule has 0 aromatic heterocycles. The molecular formula is C8H7NO3S. The Hall–Kier alpha value is -1.36. The average Bonchev–Trinajstić information content (AvgIpc) is 2.17. The van der Waals surface area contributed by atoms with Crippen molar-refractivity contribution in [1.82, 2.24) is 0 Å². The Morgan fingerprint density at radius 1 is 1.54 bits per heavy atom. The number of nitrogens with zero attached hydrogens (tertiary/aromatic N) is 1. The topological polar surface area (TPSA) is 60.2 Å². The summed E-state index contributed by atoms with van der Waals surface area (Å²) in [6, 6.07) is 5.70. The molecule has 0 radical (unpaired) electrons. The number of benzene rings is 1. The number of carbonyl (C=O) groups excluding carboxylic acids is 1. The monoisotopic (exact) mass is 197 g/mol. The molecular weight excluding hydrogens is 190 g/mol. The van der Waals surface area contributed by atoms with Gasteiger partial charge in [0.05, 0.1) is 4.92 Å². The minimum absolute atomic E-state index is 0.0556. The second kappa shape index (κ2) is 4.04. The van der Waals surface area contributed by atoms with Crippen LogP contribution in [-0.4, -0.2) is 16.3 Å². The van der Waals surface area contributed by atoms with E-state index in [0.717, 1.165) is 11.8 Å². The third kappa shape index (κ3) is 2.29. The second-order valence-electron chi connectivity index (χ2n) is 2.30. The Bertz CT molecular complexity index is 351. The van der Waals surface area contributed by atoms with Crippen molar-refractivity contribution >= 4 is 22.6 Å². The van der Waals surface area contributed by atoms with Crippen LogP contribution in [0.3, 0.4) is 0 Å². The van der Waals surface area contributed by atoms with E-state index in [4.69, 9.17) is 0 Å². The zero-order valence-electron chi connectivity index (χ0n) is 6.89. The molecule has 0 saturated carbocycles. The van der Waals surface area contributed by atoms with Crippen LogP contribution in [0, 0.1) is 10.1 Å². The number of hydrogen-bond donors (Lipinski definition) is 0. The molecule has 0 fully saturated rings. The molecule has 0 bridgehead atoms. The van der Waals surface area contributed by atoms with Crippen LogP contribution in [0.5, 0.6) is 0 Å². The molecule has 0 spiro atoms. The Balaban J connectivity index is 3.05. The molecule has 4 nitrogen and oxygen atoms in total. The van der Waals surface area contributed by atoms with E-state index < -0.39 is 4.92 Å². The lowest BCUT2D eigenvalue weighted by molar-refractivity contribution is -0.384. The van der Waals surface area contributed by atoms with E-state index in [-0.39, 0.29) is 10.8 Å². The van der Waals surface area contributed by atoms with Gasteiger partial charge in [-0.1, -0.05) is 17.8 Å². The summed E-state index contributed by atoms with van der Waals surface area (Å²) in [5.74, 6) is 0. The van der Waals surface area contributed by atoms with Gasteiger partial charge in [-0.15, -0.1) is 0 Å². The van der Waals surface area contributed by atoms with Gasteiger partial charge in [0.1, 0.15) is 0 Å². The highest BCUT2D eigenvalue weighted by atomic mass is 32.2. The first-order valence-corrected chi connectivity index (χ1v) is 4.70. The second-order valence-corrected chi connectivity index (χ2v) is 3.08. The fourth-order valence-corrected chi connectivity index (χ4v) is 1.23. The third-order valence-electron chi connectivity index (χ3n) is 1.48. The Morgan fingerprint density at radius 3 is 2.77 bits per heavy atom. The number of nitro benzene ring substituents is 1. The van der Waals surface area contributed by atoms with Gasteiger partial charge in [0.25, 0.3) is 5.69 Å². The van der Waals surface area contributed by atoms with Crippen LogP contribution >= 0.6 is 11.8 Å². The van der Waals surface area contributed by atoms with Crippen LogP contribution < -0.4 is 0 Å².